The van der Waals surface area contributed by atoms with Crippen molar-refractivity contribution in [1.29, 1.82) is 0 Å². The summed E-state index contributed by atoms with van der Waals surface area (Å²) in [5.41, 5.74) is 3.02. The zero-order chi connectivity index (χ0) is 17.9. The van der Waals surface area contributed by atoms with Crippen LogP contribution in [0.25, 0.3) is 0 Å². The van der Waals surface area contributed by atoms with Gasteiger partial charge >= 0.3 is 0 Å². The molecule has 1 aromatic carbocycles. The van der Waals surface area contributed by atoms with Crippen LogP contribution >= 0.6 is 0 Å². The molecule has 0 amide bonds. The normalized spacial score (nSPS) is 11.5. The molecule has 0 spiro atoms. The van der Waals surface area contributed by atoms with E-state index in [1.165, 1.54) is 26.4 Å². The number of hydrogen-bond acceptors (Lipinski definition) is 5. The summed E-state index contributed by atoms with van der Waals surface area (Å²) in [4.78, 5) is 0.139. The van der Waals surface area contributed by atoms with Crippen molar-refractivity contribution in [3.8, 4) is 11.5 Å². The molecule has 0 aliphatic rings. The SMILES string of the molecule is COc1ccc(S(=O)(=O)NCCc2c(C)nn(C)c2C)cc1OC. The van der Waals surface area contributed by atoms with Gasteiger partial charge in [0.05, 0.1) is 24.8 Å². The monoisotopic (exact) mass is 353 g/mol. The Morgan fingerprint density at radius 2 is 1.83 bits per heavy atom. The van der Waals surface area contributed by atoms with Crippen molar-refractivity contribution in [3.05, 3.63) is 35.2 Å². The first-order chi connectivity index (χ1) is 11.3. The van der Waals surface area contributed by atoms with Crippen molar-refractivity contribution < 1.29 is 17.9 Å². The molecular formula is C16H23N3O4S. The highest BCUT2D eigenvalue weighted by Gasteiger charge is 2.17. The summed E-state index contributed by atoms with van der Waals surface area (Å²) in [5.74, 6) is 0.859. The number of nitrogens with zero attached hydrogens (tertiary/aromatic N) is 2. The molecule has 2 rings (SSSR count). The van der Waals surface area contributed by atoms with E-state index in [1.807, 2.05) is 20.9 Å². The van der Waals surface area contributed by atoms with Crippen LogP contribution in [0.15, 0.2) is 23.1 Å². The molecule has 0 unspecified atom stereocenters. The predicted octanol–water partition coefficient (Wildman–Crippen LogP) is 1.58. The summed E-state index contributed by atoms with van der Waals surface area (Å²) < 4.78 is 39.6. The lowest BCUT2D eigenvalue weighted by Crippen LogP contribution is -2.26. The second-order valence-corrected chi connectivity index (χ2v) is 7.20. The molecule has 0 bridgehead atoms. The Bertz CT molecular complexity index is 828. The van der Waals surface area contributed by atoms with Crippen LogP contribution in [0, 0.1) is 13.8 Å². The highest BCUT2D eigenvalue weighted by Crippen LogP contribution is 2.29. The van der Waals surface area contributed by atoms with Crippen LogP contribution in [-0.4, -0.2) is 39.0 Å². The summed E-state index contributed by atoms with van der Waals surface area (Å²) in [6.07, 6.45) is 0.581. The number of nitrogens with one attached hydrogen (secondary N) is 1. The molecule has 1 N–H and O–H groups in total. The van der Waals surface area contributed by atoms with Gasteiger partial charge in [-0.25, -0.2) is 13.1 Å². The number of benzene rings is 1. The average molecular weight is 353 g/mol. The molecule has 8 heteroatoms. The van der Waals surface area contributed by atoms with Crippen molar-refractivity contribution in [2.75, 3.05) is 20.8 Å². The van der Waals surface area contributed by atoms with Crippen molar-refractivity contribution in [2.45, 2.75) is 25.2 Å². The average Bonchev–Trinajstić information content (AvgIpc) is 2.80. The molecule has 0 fully saturated rings. The predicted molar refractivity (Wildman–Crippen MR) is 91.1 cm³/mol. The second kappa shape index (κ2) is 7.23. The molecule has 7 nitrogen and oxygen atoms in total. The van der Waals surface area contributed by atoms with Crippen molar-refractivity contribution >= 4 is 10.0 Å². The number of rotatable bonds is 7. The largest absolute Gasteiger partial charge is 0.493 e. The molecule has 0 aliphatic carbocycles. The lowest BCUT2D eigenvalue weighted by molar-refractivity contribution is 0.354. The standard InChI is InChI=1S/C16H23N3O4S/c1-11-14(12(2)19(3)18-11)8-9-17-24(20,21)13-6-7-15(22-4)16(10-13)23-5/h6-7,10,17H,8-9H2,1-5H3. The number of aryl methyl sites for hydroxylation is 2. The van der Waals surface area contributed by atoms with Gasteiger partial charge in [0.1, 0.15) is 0 Å². The van der Waals surface area contributed by atoms with Crippen LogP contribution in [0.3, 0.4) is 0 Å². The molecule has 0 atom stereocenters. The molecule has 0 saturated carbocycles. The first-order valence-corrected chi connectivity index (χ1v) is 8.99. The number of hydrogen-bond donors (Lipinski definition) is 1. The van der Waals surface area contributed by atoms with E-state index in [9.17, 15) is 8.42 Å². The van der Waals surface area contributed by atoms with Gasteiger partial charge in [-0.1, -0.05) is 0 Å². The van der Waals surface area contributed by atoms with Gasteiger partial charge in [0.2, 0.25) is 10.0 Å². The number of ether oxygens (including phenoxy) is 2. The maximum atomic E-state index is 12.4. The third kappa shape index (κ3) is 3.70. The summed E-state index contributed by atoms with van der Waals surface area (Å²) in [5, 5.41) is 4.33. The summed E-state index contributed by atoms with van der Waals surface area (Å²) in [7, 11) is 1.23. The third-order valence-corrected chi connectivity index (χ3v) is 5.45. The van der Waals surface area contributed by atoms with E-state index in [0.717, 1.165) is 17.0 Å². The Hall–Kier alpha value is -2.06. The van der Waals surface area contributed by atoms with E-state index < -0.39 is 10.0 Å². The van der Waals surface area contributed by atoms with Crippen molar-refractivity contribution in [3.63, 3.8) is 0 Å². The maximum Gasteiger partial charge on any atom is 0.240 e. The fourth-order valence-electron chi connectivity index (χ4n) is 2.56. The van der Waals surface area contributed by atoms with Crippen LogP contribution < -0.4 is 14.2 Å². The second-order valence-electron chi connectivity index (χ2n) is 5.44. The van der Waals surface area contributed by atoms with Crippen LogP contribution in [0.2, 0.25) is 0 Å². The van der Waals surface area contributed by atoms with Gasteiger partial charge in [-0.2, -0.15) is 5.10 Å². The van der Waals surface area contributed by atoms with Crippen LogP contribution in [-0.2, 0) is 23.5 Å². The summed E-state index contributed by atoms with van der Waals surface area (Å²) >= 11 is 0. The van der Waals surface area contributed by atoms with E-state index in [-0.39, 0.29) is 4.90 Å². The molecule has 24 heavy (non-hydrogen) atoms. The maximum absolute atomic E-state index is 12.4. The first kappa shape index (κ1) is 18.3. The quantitative estimate of drug-likeness (QED) is 0.817. The van der Waals surface area contributed by atoms with Crippen molar-refractivity contribution in [1.82, 2.24) is 14.5 Å². The van der Waals surface area contributed by atoms with Gasteiger partial charge < -0.3 is 9.47 Å². The Morgan fingerprint density at radius 1 is 1.17 bits per heavy atom. The van der Waals surface area contributed by atoms with Crippen LogP contribution in [0.5, 0.6) is 11.5 Å². The lowest BCUT2D eigenvalue weighted by Gasteiger charge is -2.11. The van der Waals surface area contributed by atoms with E-state index in [1.54, 1.807) is 10.7 Å². The lowest BCUT2D eigenvalue weighted by atomic mass is 10.1. The van der Waals surface area contributed by atoms with Gasteiger partial charge in [-0.3, -0.25) is 4.68 Å². The molecule has 132 valence electrons. The van der Waals surface area contributed by atoms with Crippen LogP contribution in [0.1, 0.15) is 17.0 Å². The highest BCUT2D eigenvalue weighted by molar-refractivity contribution is 7.89. The number of sulfonamides is 1. The van der Waals surface area contributed by atoms with E-state index in [4.69, 9.17) is 9.47 Å². The van der Waals surface area contributed by atoms with E-state index >= 15 is 0 Å². The molecule has 1 aromatic heterocycles. The molecule has 0 aliphatic heterocycles. The topological polar surface area (TPSA) is 82.5 Å². The minimum absolute atomic E-state index is 0.139. The molecule has 1 heterocycles. The first-order valence-electron chi connectivity index (χ1n) is 7.51. The molecule has 0 radical (unpaired) electrons. The Balaban J connectivity index is 2.11. The molecule has 2 aromatic rings. The fraction of sp³-hybridized carbons (Fsp3) is 0.438. The number of methoxy groups -OCH3 is 2. The van der Waals surface area contributed by atoms with Crippen molar-refractivity contribution in [2.24, 2.45) is 7.05 Å². The smallest absolute Gasteiger partial charge is 0.240 e. The van der Waals surface area contributed by atoms with Crippen LogP contribution in [0.4, 0.5) is 0 Å². The summed E-state index contributed by atoms with van der Waals surface area (Å²) in [6.45, 7) is 4.19. The fourth-order valence-corrected chi connectivity index (χ4v) is 3.60. The van der Waals surface area contributed by atoms with Gasteiger partial charge in [-0.15, -0.1) is 0 Å². The molecular weight excluding hydrogens is 330 g/mol. The van der Waals surface area contributed by atoms with Gasteiger partial charge in [0, 0.05) is 25.4 Å². The number of aromatic nitrogens is 2. The third-order valence-electron chi connectivity index (χ3n) is 3.99. The highest BCUT2D eigenvalue weighted by atomic mass is 32.2. The minimum atomic E-state index is -3.62. The summed E-state index contributed by atoms with van der Waals surface area (Å²) in [6, 6.07) is 4.51. The van der Waals surface area contributed by atoms with Gasteiger partial charge in [0.15, 0.2) is 11.5 Å². The van der Waals surface area contributed by atoms with Gasteiger partial charge in [-0.05, 0) is 38.0 Å². The molecule has 0 saturated heterocycles. The Kier molecular flexibility index (Phi) is 5.51. The van der Waals surface area contributed by atoms with E-state index in [2.05, 4.69) is 9.82 Å². The Labute approximate surface area is 142 Å². The zero-order valence-corrected chi connectivity index (χ0v) is 15.4. The van der Waals surface area contributed by atoms with E-state index in [0.29, 0.717) is 24.5 Å². The minimum Gasteiger partial charge on any atom is -0.493 e. The zero-order valence-electron chi connectivity index (χ0n) is 14.6. The Morgan fingerprint density at radius 3 is 2.38 bits per heavy atom. The van der Waals surface area contributed by atoms with Gasteiger partial charge in [0.25, 0.3) is 0 Å².